The van der Waals surface area contributed by atoms with Gasteiger partial charge in [-0.05, 0) is 18.2 Å². The Labute approximate surface area is 178 Å². The monoisotopic (exact) mass is 410 g/mol. The fourth-order valence-electron chi connectivity index (χ4n) is 4.78. The van der Waals surface area contributed by atoms with E-state index in [1.807, 2.05) is 36.4 Å². The van der Waals surface area contributed by atoms with Crippen LogP contribution >= 0.6 is 0 Å². The van der Waals surface area contributed by atoms with Crippen molar-refractivity contribution in [3.8, 4) is 6.07 Å². The van der Waals surface area contributed by atoms with E-state index in [0.717, 1.165) is 0 Å². The van der Waals surface area contributed by atoms with Crippen LogP contribution in [0.4, 0.5) is 11.4 Å². The van der Waals surface area contributed by atoms with Crippen LogP contribution in [0.15, 0.2) is 89.9 Å². The van der Waals surface area contributed by atoms with Crippen LogP contribution in [0.3, 0.4) is 0 Å². The maximum atomic E-state index is 14.0. The molecule has 0 aliphatic carbocycles. The smallest absolute Gasteiger partial charge is 0.338 e. The summed E-state index contributed by atoms with van der Waals surface area (Å²) < 4.78 is 5.40. The number of hydrogen-bond acceptors (Lipinski definition) is 6. The van der Waals surface area contributed by atoms with Crippen LogP contribution < -0.4 is 15.5 Å². The molecular formula is C24H18N4O3. The number of hydrogen-bond donors (Lipinski definition) is 1. The van der Waals surface area contributed by atoms with Crippen LogP contribution in [0.2, 0.25) is 0 Å². The van der Waals surface area contributed by atoms with Crippen molar-refractivity contribution < 1.29 is 14.3 Å². The summed E-state index contributed by atoms with van der Waals surface area (Å²) in [4.78, 5) is 30.2. The van der Waals surface area contributed by atoms with Gasteiger partial charge >= 0.3 is 5.97 Å². The topological polar surface area (TPSA) is 99.7 Å². The first-order valence-electron chi connectivity index (χ1n) is 9.76. The third-order valence-electron chi connectivity index (χ3n) is 5.95. The largest absolute Gasteiger partial charge is 0.456 e. The first-order chi connectivity index (χ1) is 15.1. The molecule has 5 rings (SSSR count). The molecule has 1 atom stereocenters. The number of nitrogens with two attached hydrogens (primary N) is 1. The van der Waals surface area contributed by atoms with Crippen molar-refractivity contribution in [3.63, 3.8) is 0 Å². The van der Waals surface area contributed by atoms with Crippen LogP contribution in [-0.4, -0.2) is 25.0 Å². The van der Waals surface area contributed by atoms with E-state index in [0.29, 0.717) is 22.6 Å². The van der Waals surface area contributed by atoms with E-state index in [1.165, 1.54) is 4.90 Å². The predicted octanol–water partition coefficient (Wildman–Crippen LogP) is 2.48. The Morgan fingerprint density at radius 1 is 1.16 bits per heavy atom. The van der Waals surface area contributed by atoms with Gasteiger partial charge in [-0.2, -0.15) is 5.26 Å². The third kappa shape index (κ3) is 2.21. The summed E-state index contributed by atoms with van der Waals surface area (Å²) in [6, 6.07) is 18.5. The summed E-state index contributed by atoms with van der Waals surface area (Å²) >= 11 is 0. The van der Waals surface area contributed by atoms with Gasteiger partial charge in [0, 0.05) is 23.5 Å². The number of fused-ring (bicyclic) bond motifs is 3. The first-order valence-corrected chi connectivity index (χ1v) is 9.76. The summed E-state index contributed by atoms with van der Waals surface area (Å²) in [6.45, 7) is 3.94. The average molecular weight is 410 g/mol. The van der Waals surface area contributed by atoms with E-state index in [1.54, 1.807) is 29.2 Å². The van der Waals surface area contributed by atoms with Gasteiger partial charge in [0.1, 0.15) is 23.9 Å². The van der Waals surface area contributed by atoms with Crippen molar-refractivity contribution >= 4 is 23.3 Å². The molecule has 3 heterocycles. The Kier molecular flexibility index (Phi) is 3.99. The fourth-order valence-corrected chi connectivity index (χ4v) is 4.78. The van der Waals surface area contributed by atoms with Crippen molar-refractivity contribution in [1.82, 2.24) is 0 Å². The van der Waals surface area contributed by atoms with Crippen LogP contribution in [0, 0.1) is 11.3 Å². The lowest BCUT2D eigenvalue weighted by Gasteiger charge is -2.38. The number of anilines is 2. The molecule has 2 N–H and O–H groups in total. The molecule has 0 bridgehead atoms. The van der Waals surface area contributed by atoms with Gasteiger partial charge in [-0.3, -0.25) is 9.69 Å². The number of ether oxygens (including phenoxy) is 1. The van der Waals surface area contributed by atoms with Crippen molar-refractivity contribution in [2.24, 2.45) is 5.73 Å². The predicted molar refractivity (Wildman–Crippen MR) is 114 cm³/mol. The number of carbonyl (C=O) groups excluding carboxylic acids is 2. The molecule has 31 heavy (non-hydrogen) atoms. The van der Waals surface area contributed by atoms with Crippen molar-refractivity contribution in [3.05, 3.63) is 95.5 Å². The number of rotatable bonds is 3. The molecule has 7 nitrogen and oxygen atoms in total. The van der Waals surface area contributed by atoms with Crippen LogP contribution in [-0.2, 0) is 19.7 Å². The molecule has 7 heteroatoms. The second kappa shape index (κ2) is 6.61. The van der Waals surface area contributed by atoms with E-state index in [-0.39, 0.29) is 30.1 Å². The van der Waals surface area contributed by atoms with E-state index < -0.39 is 17.3 Å². The SMILES string of the molecule is C=CCN1C(=O)C2(C(C#N)=C(N)N(c3ccccc3)C3=C2C(=O)OC3)c2ccccc21. The zero-order valence-corrected chi connectivity index (χ0v) is 16.5. The molecular weight excluding hydrogens is 392 g/mol. The molecule has 0 saturated heterocycles. The fraction of sp³-hybridized carbons (Fsp3) is 0.125. The minimum atomic E-state index is -1.65. The Balaban J connectivity index is 1.88. The van der Waals surface area contributed by atoms with Crippen molar-refractivity contribution in [2.45, 2.75) is 5.41 Å². The van der Waals surface area contributed by atoms with Gasteiger partial charge in [0.25, 0.3) is 0 Å². The number of cyclic esters (lactones) is 1. The lowest BCUT2D eigenvalue weighted by molar-refractivity contribution is -0.137. The van der Waals surface area contributed by atoms with E-state index in [4.69, 9.17) is 10.5 Å². The Hall–Kier alpha value is -4.31. The molecule has 0 fully saturated rings. The van der Waals surface area contributed by atoms with E-state index in [2.05, 4.69) is 12.6 Å². The van der Waals surface area contributed by atoms with Gasteiger partial charge in [-0.15, -0.1) is 6.58 Å². The molecule has 0 radical (unpaired) electrons. The van der Waals surface area contributed by atoms with Gasteiger partial charge in [0.2, 0.25) is 5.91 Å². The second-order valence-electron chi connectivity index (χ2n) is 7.41. The number of carbonyl (C=O) groups is 2. The first kappa shape index (κ1) is 18.7. The molecule has 0 saturated carbocycles. The molecule has 3 aliphatic heterocycles. The van der Waals surface area contributed by atoms with Crippen LogP contribution in [0.1, 0.15) is 5.56 Å². The molecule has 2 aromatic carbocycles. The number of nitrogens with zero attached hydrogens (tertiary/aromatic N) is 3. The summed E-state index contributed by atoms with van der Waals surface area (Å²) in [6.07, 6.45) is 1.61. The zero-order chi connectivity index (χ0) is 21.8. The quantitative estimate of drug-likeness (QED) is 0.616. The number of esters is 1. The number of amides is 1. The maximum Gasteiger partial charge on any atom is 0.338 e. The van der Waals surface area contributed by atoms with Crippen molar-refractivity contribution in [1.29, 1.82) is 5.26 Å². The minimum Gasteiger partial charge on any atom is -0.456 e. The highest BCUT2D eigenvalue weighted by atomic mass is 16.5. The summed E-state index contributed by atoms with van der Waals surface area (Å²) in [5, 5.41) is 10.2. The Bertz CT molecular complexity index is 1260. The standard InChI is InChI=1S/C24H18N4O3/c1-2-12-27-18-11-7-6-10-16(18)24(23(27)30)17(13-25)21(26)28(15-8-4-3-5-9-15)19-14-31-22(29)20(19)24/h2-11H,1,12,14,26H2. The molecule has 152 valence electrons. The highest BCUT2D eigenvalue weighted by molar-refractivity contribution is 6.20. The zero-order valence-electron chi connectivity index (χ0n) is 16.5. The van der Waals surface area contributed by atoms with Gasteiger partial charge in [0.15, 0.2) is 0 Å². The third-order valence-corrected chi connectivity index (χ3v) is 5.95. The number of nitriles is 1. The molecule has 2 aromatic rings. The highest BCUT2D eigenvalue weighted by Crippen LogP contribution is 2.56. The molecule has 1 unspecified atom stereocenters. The maximum absolute atomic E-state index is 14.0. The van der Waals surface area contributed by atoms with Gasteiger partial charge < -0.3 is 15.4 Å². The summed E-state index contributed by atoms with van der Waals surface area (Å²) in [7, 11) is 0. The second-order valence-corrected chi connectivity index (χ2v) is 7.41. The number of benzene rings is 2. The number of para-hydroxylation sites is 2. The van der Waals surface area contributed by atoms with Crippen LogP contribution in [0.5, 0.6) is 0 Å². The molecule has 3 aliphatic rings. The summed E-state index contributed by atoms with van der Waals surface area (Å²) in [5.74, 6) is -0.929. The van der Waals surface area contributed by atoms with Gasteiger partial charge in [0.05, 0.1) is 16.8 Å². The molecule has 1 spiro atoms. The van der Waals surface area contributed by atoms with Crippen LogP contribution in [0.25, 0.3) is 0 Å². The Morgan fingerprint density at radius 2 is 1.87 bits per heavy atom. The highest BCUT2D eigenvalue weighted by Gasteiger charge is 2.63. The van der Waals surface area contributed by atoms with E-state index >= 15 is 0 Å². The summed E-state index contributed by atoms with van der Waals surface area (Å²) in [5.41, 5.74) is 7.37. The van der Waals surface area contributed by atoms with Gasteiger partial charge in [-0.25, -0.2) is 4.79 Å². The van der Waals surface area contributed by atoms with Gasteiger partial charge in [-0.1, -0.05) is 42.5 Å². The molecule has 1 amide bonds. The minimum absolute atomic E-state index is 0.0120. The lowest BCUT2D eigenvalue weighted by atomic mass is 9.67. The normalized spacial score (nSPS) is 21.9. The molecule has 0 aromatic heterocycles. The Morgan fingerprint density at radius 3 is 2.58 bits per heavy atom. The average Bonchev–Trinajstić information content (AvgIpc) is 3.27. The lowest BCUT2D eigenvalue weighted by Crippen LogP contribution is -2.50. The van der Waals surface area contributed by atoms with E-state index in [9.17, 15) is 14.9 Å². The van der Waals surface area contributed by atoms with Crippen molar-refractivity contribution in [2.75, 3.05) is 23.0 Å².